The van der Waals surface area contributed by atoms with Gasteiger partial charge in [0.25, 0.3) is 0 Å². The number of hydrogen-bond acceptors (Lipinski definition) is 4. The van der Waals surface area contributed by atoms with E-state index in [1.165, 1.54) is 9.18 Å². The summed E-state index contributed by atoms with van der Waals surface area (Å²) >= 11 is 1.66. The number of benzene rings is 1. The van der Waals surface area contributed by atoms with Gasteiger partial charge in [0.05, 0.1) is 4.90 Å². The summed E-state index contributed by atoms with van der Waals surface area (Å²) in [6.07, 6.45) is 1.22. The first kappa shape index (κ1) is 19.1. The van der Waals surface area contributed by atoms with Crippen molar-refractivity contribution in [2.75, 3.05) is 26.2 Å². The maximum Gasteiger partial charge on any atom is 0.243 e. The van der Waals surface area contributed by atoms with E-state index in [1.54, 1.807) is 22.3 Å². The molecule has 26 heavy (non-hydrogen) atoms. The Morgan fingerprint density at radius 2 is 1.85 bits per heavy atom. The van der Waals surface area contributed by atoms with Crippen LogP contribution in [0, 0.1) is 13.8 Å². The van der Waals surface area contributed by atoms with Gasteiger partial charge in [0.15, 0.2) is 0 Å². The summed E-state index contributed by atoms with van der Waals surface area (Å²) in [6, 6.07) is 9.50. The molecule has 0 spiro atoms. The third-order valence-corrected chi connectivity index (χ3v) is 7.69. The Labute approximate surface area is 159 Å². The number of piperazine rings is 1. The molecule has 1 aliphatic heterocycles. The van der Waals surface area contributed by atoms with Gasteiger partial charge in [-0.1, -0.05) is 18.2 Å². The molecule has 7 heteroatoms. The smallest absolute Gasteiger partial charge is 0.243 e. The van der Waals surface area contributed by atoms with Crippen LogP contribution in [-0.4, -0.2) is 49.7 Å². The van der Waals surface area contributed by atoms with Crippen molar-refractivity contribution in [1.82, 2.24) is 9.21 Å². The summed E-state index contributed by atoms with van der Waals surface area (Å²) in [6.45, 7) is 5.31. The fourth-order valence-electron chi connectivity index (χ4n) is 3.15. The molecule has 0 atom stereocenters. The lowest BCUT2D eigenvalue weighted by Crippen LogP contribution is -2.50. The molecule has 140 valence electrons. The number of rotatable bonds is 5. The average Bonchev–Trinajstić information content (AvgIpc) is 3.15. The first-order chi connectivity index (χ1) is 12.4. The summed E-state index contributed by atoms with van der Waals surface area (Å²) < 4.78 is 27.4. The van der Waals surface area contributed by atoms with Gasteiger partial charge in [0, 0.05) is 37.5 Å². The molecule has 0 bridgehead atoms. The fourth-order valence-corrected chi connectivity index (χ4v) is 5.59. The highest BCUT2D eigenvalue weighted by Gasteiger charge is 2.30. The molecule has 0 unspecified atom stereocenters. The number of thiophene rings is 1. The van der Waals surface area contributed by atoms with Crippen molar-refractivity contribution < 1.29 is 13.2 Å². The lowest BCUT2D eigenvalue weighted by molar-refractivity contribution is -0.132. The molecule has 1 amide bonds. The van der Waals surface area contributed by atoms with Crippen molar-refractivity contribution in [2.45, 2.75) is 31.6 Å². The lowest BCUT2D eigenvalue weighted by Gasteiger charge is -2.34. The van der Waals surface area contributed by atoms with Crippen molar-refractivity contribution >= 4 is 27.3 Å². The Bertz CT molecular complexity index is 868. The van der Waals surface area contributed by atoms with Crippen LogP contribution in [0.4, 0.5) is 0 Å². The molecule has 1 aromatic heterocycles. The monoisotopic (exact) mass is 392 g/mol. The van der Waals surface area contributed by atoms with Crippen LogP contribution in [0.25, 0.3) is 0 Å². The summed E-state index contributed by atoms with van der Waals surface area (Å²) in [7, 11) is -3.52. The van der Waals surface area contributed by atoms with Gasteiger partial charge in [-0.25, -0.2) is 8.42 Å². The molecule has 2 heterocycles. The van der Waals surface area contributed by atoms with E-state index in [0.717, 1.165) is 17.5 Å². The van der Waals surface area contributed by atoms with Gasteiger partial charge in [0.2, 0.25) is 15.9 Å². The molecule has 1 aliphatic rings. The van der Waals surface area contributed by atoms with Crippen LogP contribution in [0.5, 0.6) is 0 Å². The van der Waals surface area contributed by atoms with Crippen molar-refractivity contribution in [2.24, 2.45) is 0 Å². The minimum absolute atomic E-state index is 0.0992. The van der Waals surface area contributed by atoms with Crippen molar-refractivity contribution in [3.05, 3.63) is 51.7 Å². The number of carbonyl (C=O) groups excluding carboxylic acids is 1. The number of hydrogen-bond donors (Lipinski definition) is 0. The predicted molar refractivity (Wildman–Crippen MR) is 104 cm³/mol. The second kappa shape index (κ2) is 7.90. The molecular formula is C19H24N2O3S2. The predicted octanol–water partition coefficient (Wildman–Crippen LogP) is 2.83. The standard InChI is InChI=1S/C19H24N2O3S2/c1-15-5-6-16(2)18(14-15)26(23,24)21-11-9-20(10-12-21)19(22)8-7-17-4-3-13-25-17/h3-6,13-14H,7-12H2,1-2H3. The molecule has 5 nitrogen and oxygen atoms in total. The van der Waals surface area contributed by atoms with E-state index >= 15 is 0 Å². The van der Waals surface area contributed by atoms with Gasteiger partial charge >= 0.3 is 0 Å². The van der Waals surface area contributed by atoms with Crippen LogP contribution in [0.3, 0.4) is 0 Å². The molecule has 0 N–H and O–H groups in total. The molecule has 0 radical (unpaired) electrons. The minimum atomic E-state index is -3.52. The summed E-state index contributed by atoms with van der Waals surface area (Å²) in [5, 5.41) is 2.01. The topological polar surface area (TPSA) is 57.7 Å². The zero-order chi connectivity index (χ0) is 18.7. The SMILES string of the molecule is Cc1ccc(C)c(S(=O)(=O)N2CCN(C(=O)CCc3cccs3)CC2)c1. The Kier molecular flexibility index (Phi) is 5.79. The second-order valence-electron chi connectivity index (χ2n) is 6.63. The number of aryl methyl sites for hydroxylation is 3. The summed E-state index contributed by atoms with van der Waals surface area (Å²) in [5.41, 5.74) is 1.68. The highest BCUT2D eigenvalue weighted by molar-refractivity contribution is 7.89. The molecule has 2 aromatic rings. The van der Waals surface area contributed by atoms with Crippen LogP contribution in [0.1, 0.15) is 22.4 Å². The maximum atomic E-state index is 12.9. The van der Waals surface area contributed by atoms with Crippen LogP contribution >= 0.6 is 11.3 Å². The third kappa shape index (κ3) is 4.16. The first-order valence-electron chi connectivity index (χ1n) is 8.75. The van der Waals surface area contributed by atoms with E-state index in [2.05, 4.69) is 0 Å². The lowest BCUT2D eigenvalue weighted by atomic mass is 10.2. The van der Waals surface area contributed by atoms with E-state index in [-0.39, 0.29) is 5.91 Å². The van der Waals surface area contributed by atoms with Gasteiger partial charge in [0.1, 0.15) is 0 Å². The van der Waals surface area contributed by atoms with Crippen LogP contribution in [-0.2, 0) is 21.2 Å². The summed E-state index contributed by atoms with van der Waals surface area (Å²) in [4.78, 5) is 15.7. The Morgan fingerprint density at radius 1 is 1.12 bits per heavy atom. The van der Waals surface area contributed by atoms with E-state index in [4.69, 9.17) is 0 Å². The molecule has 1 fully saturated rings. The average molecular weight is 393 g/mol. The quantitative estimate of drug-likeness (QED) is 0.786. The highest BCUT2D eigenvalue weighted by atomic mass is 32.2. The van der Waals surface area contributed by atoms with Gasteiger partial charge in [-0.3, -0.25) is 4.79 Å². The number of nitrogens with zero attached hydrogens (tertiary/aromatic N) is 2. The first-order valence-corrected chi connectivity index (χ1v) is 11.1. The molecule has 1 aromatic carbocycles. The van der Waals surface area contributed by atoms with E-state index in [1.807, 2.05) is 43.5 Å². The Morgan fingerprint density at radius 3 is 2.50 bits per heavy atom. The molecule has 0 aliphatic carbocycles. The zero-order valence-electron chi connectivity index (χ0n) is 15.1. The van der Waals surface area contributed by atoms with Crippen molar-refractivity contribution in [3.8, 4) is 0 Å². The molecule has 0 saturated carbocycles. The molecule has 3 rings (SSSR count). The van der Waals surface area contributed by atoms with E-state index in [9.17, 15) is 13.2 Å². The zero-order valence-corrected chi connectivity index (χ0v) is 16.8. The fraction of sp³-hybridized carbons (Fsp3) is 0.421. The highest BCUT2D eigenvalue weighted by Crippen LogP contribution is 2.22. The molecular weight excluding hydrogens is 368 g/mol. The minimum Gasteiger partial charge on any atom is -0.340 e. The van der Waals surface area contributed by atoms with Crippen LogP contribution in [0.15, 0.2) is 40.6 Å². The summed E-state index contributed by atoms with van der Waals surface area (Å²) in [5.74, 6) is 0.0992. The van der Waals surface area contributed by atoms with Gasteiger partial charge in [-0.05, 0) is 48.9 Å². The van der Waals surface area contributed by atoms with Gasteiger partial charge < -0.3 is 4.90 Å². The van der Waals surface area contributed by atoms with Crippen molar-refractivity contribution in [3.63, 3.8) is 0 Å². The van der Waals surface area contributed by atoms with E-state index < -0.39 is 10.0 Å². The number of carbonyl (C=O) groups is 1. The second-order valence-corrected chi connectivity index (χ2v) is 9.57. The van der Waals surface area contributed by atoms with Crippen LogP contribution < -0.4 is 0 Å². The number of sulfonamides is 1. The molecule has 1 saturated heterocycles. The van der Waals surface area contributed by atoms with Gasteiger partial charge in [-0.15, -0.1) is 11.3 Å². The van der Waals surface area contributed by atoms with E-state index in [0.29, 0.717) is 37.5 Å². The van der Waals surface area contributed by atoms with Crippen molar-refractivity contribution in [1.29, 1.82) is 0 Å². The largest absolute Gasteiger partial charge is 0.340 e. The third-order valence-electron chi connectivity index (χ3n) is 4.72. The number of amides is 1. The van der Waals surface area contributed by atoms with Crippen LogP contribution in [0.2, 0.25) is 0 Å². The normalized spacial score (nSPS) is 16.0. The Hall–Kier alpha value is -1.70. The van der Waals surface area contributed by atoms with Gasteiger partial charge in [-0.2, -0.15) is 4.31 Å². The maximum absolute atomic E-state index is 12.9. The Balaban J connectivity index is 1.60.